The summed E-state index contributed by atoms with van der Waals surface area (Å²) < 4.78 is 7.11. The molecule has 4 aromatic rings. The number of nitrogens with zero attached hydrogens (tertiary/aromatic N) is 7. The molecule has 0 saturated heterocycles. The Hall–Kier alpha value is -3.36. The van der Waals surface area contributed by atoms with Gasteiger partial charge in [-0.05, 0) is 26.0 Å². The number of pyridine rings is 1. The monoisotopic (exact) mass is 364 g/mol. The molecule has 0 spiro atoms. The van der Waals surface area contributed by atoms with Crippen LogP contribution in [0.4, 0.5) is 5.82 Å². The number of anilines is 1. The molecule has 4 aromatic heterocycles. The first-order valence-corrected chi connectivity index (χ1v) is 8.77. The minimum Gasteiger partial charge on any atom is -0.358 e. The topological polar surface area (TPSA) is 107 Å². The van der Waals surface area contributed by atoms with Crippen molar-refractivity contribution in [2.24, 2.45) is 7.05 Å². The highest BCUT2D eigenvalue weighted by atomic mass is 16.5. The van der Waals surface area contributed by atoms with Crippen molar-refractivity contribution in [3.8, 4) is 11.4 Å². The van der Waals surface area contributed by atoms with Crippen LogP contribution in [0.3, 0.4) is 0 Å². The van der Waals surface area contributed by atoms with E-state index in [2.05, 4.69) is 25.5 Å². The Morgan fingerprint density at radius 3 is 2.67 bits per heavy atom. The van der Waals surface area contributed by atoms with Crippen LogP contribution in [0.2, 0.25) is 0 Å². The molecule has 0 radical (unpaired) electrons. The van der Waals surface area contributed by atoms with Gasteiger partial charge < -0.3 is 9.84 Å². The normalized spacial score (nSPS) is 12.4. The van der Waals surface area contributed by atoms with Crippen molar-refractivity contribution in [3.05, 3.63) is 41.9 Å². The lowest BCUT2D eigenvalue weighted by atomic mass is 10.2. The molecule has 0 fully saturated rings. The standard InChI is InChI=1S/C18H20N8O/c1-5-13-21-18(27-25-13)11(3)20-16-14-10(2)24-26(4)17(14)23-15(22-16)12-6-8-19-9-7-12/h6-9,11H,5H2,1-4H3,(H,20,22,23). The summed E-state index contributed by atoms with van der Waals surface area (Å²) in [5.41, 5.74) is 2.49. The summed E-state index contributed by atoms with van der Waals surface area (Å²) in [6, 6.07) is 3.55. The fourth-order valence-electron chi connectivity index (χ4n) is 2.93. The number of rotatable bonds is 5. The molecule has 1 atom stereocenters. The van der Waals surface area contributed by atoms with Gasteiger partial charge in [0.25, 0.3) is 0 Å². The quantitative estimate of drug-likeness (QED) is 0.576. The molecule has 1 N–H and O–H groups in total. The number of aromatic nitrogens is 7. The van der Waals surface area contributed by atoms with Crippen LogP contribution >= 0.6 is 0 Å². The molecule has 0 bridgehead atoms. The van der Waals surface area contributed by atoms with Gasteiger partial charge in [-0.1, -0.05) is 12.1 Å². The second-order valence-electron chi connectivity index (χ2n) is 6.31. The van der Waals surface area contributed by atoms with Gasteiger partial charge in [0.05, 0.1) is 11.1 Å². The number of aryl methyl sites for hydroxylation is 3. The number of fused-ring (bicyclic) bond motifs is 1. The summed E-state index contributed by atoms with van der Waals surface area (Å²) in [5, 5.41) is 12.7. The van der Waals surface area contributed by atoms with E-state index < -0.39 is 0 Å². The lowest BCUT2D eigenvalue weighted by Crippen LogP contribution is -2.10. The Bertz CT molecular complexity index is 1090. The van der Waals surface area contributed by atoms with Crippen molar-refractivity contribution in [1.29, 1.82) is 0 Å². The molecule has 138 valence electrons. The van der Waals surface area contributed by atoms with Crippen molar-refractivity contribution in [3.63, 3.8) is 0 Å². The summed E-state index contributed by atoms with van der Waals surface area (Å²) in [5.74, 6) is 2.48. The number of hydrogen-bond acceptors (Lipinski definition) is 8. The van der Waals surface area contributed by atoms with Crippen LogP contribution in [0, 0.1) is 6.92 Å². The van der Waals surface area contributed by atoms with Crippen LogP contribution in [0.25, 0.3) is 22.4 Å². The third-order valence-electron chi connectivity index (χ3n) is 4.32. The minimum absolute atomic E-state index is 0.208. The molecule has 0 amide bonds. The van der Waals surface area contributed by atoms with Gasteiger partial charge in [0.1, 0.15) is 11.9 Å². The van der Waals surface area contributed by atoms with Crippen LogP contribution in [0.5, 0.6) is 0 Å². The van der Waals surface area contributed by atoms with Gasteiger partial charge >= 0.3 is 0 Å². The summed E-state index contributed by atoms with van der Waals surface area (Å²) >= 11 is 0. The Labute approximate surface area is 155 Å². The van der Waals surface area contributed by atoms with Gasteiger partial charge in [-0.2, -0.15) is 10.1 Å². The third kappa shape index (κ3) is 3.12. The molecule has 0 aliphatic rings. The van der Waals surface area contributed by atoms with Crippen LogP contribution in [0.15, 0.2) is 29.0 Å². The largest absolute Gasteiger partial charge is 0.358 e. The zero-order valence-corrected chi connectivity index (χ0v) is 15.6. The molecule has 0 aliphatic carbocycles. The fourth-order valence-corrected chi connectivity index (χ4v) is 2.93. The molecule has 9 nitrogen and oxygen atoms in total. The predicted octanol–water partition coefficient (Wildman–Crippen LogP) is 2.85. The lowest BCUT2D eigenvalue weighted by Gasteiger charge is -2.13. The summed E-state index contributed by atoms with van der Waals surface area (Å²) in [6.07, 6.45) is 4.16. The second kappa shape index (κ2) is 6.75. The molecule has 0 saturated carbocycles. The molecule has 4 rings (SSSR count). The van der Waals surface area contributed by atoms with E-state index in [-0.39, 0.29) is 6.04 Å². The van der Waals surface area contributed by atoms with Crippen molar-refractivity contribution in [2.45, 2.75) is 33.2 Å². The zero-order chi connectivity index (χ0) is 19.0. The van der Waals surface area contributed by atoms with Crippen molar-refractivity contribution < 1.29 is 4.52 Å². The van der Waals surface area contributed by atoms with Crippen LogP contribution in [-0.4, -0.2) is 34.9 Å². The van der Waals surface area contributed by atoms with Crippen molar-refractivity contribution >= 4 is 16.9 Å². The first-order valence-electron chi connectivity index (χ1n) is 8.77. The van der Waals surface area contributed by atoms with Gasteiger partial charge in [-0.25, -0.2) is 9.97 Å². The van der Waals surface area contributed by atoms with Gasteiger partial charge in [0, 0.05) is 31.4 Å². The SMILES string of the molecule is CCc1noc(C(C)Nc2nc(-c3ccncc3)nc3c2c(C)nn3C)n1. The zero-order valence-electron chi connectivity index (χ0n) is 15.6. The maximum absolute atomic E-state index is 5.36. The number of hydrogen-bond donors (Lipinski definition) is 1. The Morgan fingerprint density at radius 1 is 1.19 bits per heavy atom. The Morgan fingerprint density at radius 2 is 1.96 bits per heavy atom. The molecular weight excluding hydrogens is 344 g/mol. The molecule has 0 aliphatic heterocycles. The summed E-state index contributed by atoms with van der Waals surface area (Å²) in [6.45, 7) is 5.88. The first-order chi connectivity index (χ1) is 13.1. The van der Waals surface area contributed by atoms with Crippen LogP contribution in [-0.2, 0) is 13.5 Å². The van der Waals surface area contributed by atoms with Crippen LogP contribution < -0.4 is 5.32 Å². The summed E-state index contributed by atoms with van der Waals surface area (Å²) in [4.78, 5) is 17.9. The second-order valence-corrected chi connectivity index (χ2v) is 6.31. The Kier molecular flexibility index (Phi) is 4.27. The third-order valence-corrected chi connectivity index (χ3v) is 4.32. The summed E-state index contributed by atoms with van der Waals surface area (Å²) in [7, 11) is 1.87. The molecule has 4 heterocycles. The average Bonchev–Trinajstić information content (AvgIpc) is 3.27. The maximum atomic E-state index is 5.36. The smallest absolute Gasteiger partial charge is 0.248 e. The Balaban J connectivity index is 1.80. The van der Waals surface area contributed by atoms with E-state index in [1.807, 2.05) is 40.0 Å². The van der Waals surface area contributed by atoms with E-state index in [0.717, 1.165) is 28.7 Å². The highest BCUT2D eigenvalue weighted by molar-refractivity contribution is 5.91. The van der Waals surface area contributed by atoms with Crippen LogP contribution in [0.1, 0.15) is 37.3 Å². The van der Waals surface area contributed by atoms with Gasteiger partial charge in [-0.15, -0.1) is 0 Å². The molecular formula is C18H20N8O. The minimum atomic E-state index is -0.208. The first kappa shape index (κ1) is 17.1. The van der Waals surface area contributed by atoms with E-state index in [4.69, 9.17) is 14.5 Å². The van der Waals surface area contributed by atoms with Crippen molar-refractivity contribution in [1.82, 2.24) is 34.9 Å². The van der Waals surface area contributed by atoms with E-state index in [0.29, 0.717) is 23.4 Å². The van der Waals surface area contributed by atoms with E-state index in [9.17, 15) is 0 Å². The van der Waals surface area contributed by atoms with Gasteiger partial charge in [0.15, 0.2) is 17.3 Å². The highest BCUT2D eigenvalue weighted by Gasteiger charge is 2.20. The van der Waals surface area contributed by atoms with E-state index >= 15 is 0 Å². The fraction of sp³-hybridized carbons (Fsp3) is 0.333. The van der Waals surface area contributed by atoms with Gasteiger partial charge in [-0.3, -0.25) is 9.67 Å². The molecule has 0 aromatic carbocycles. The molecule has 1 unspecified atom stereocenters. The molecule has 27 heavy (non-hydrogen) atoms. The highest BCUT2D eigenvalue weighted by Crippen LogP contribution is 2.29. The average molecular weight is 364 g/mol. The maximum Gasteiger partial charge on any atom is 0.248 e. The lowest BCUT2D eigenvalue weighted by molar-refractivity contribution is 0.363. The van der Waals surface area contributed by atoms with Crippen molar-refractivity contribution in [2.75, 3.05) is 5.32 Å². The van der Waals surface area contributed by atoms with E-state index in [1.165, 1.54) is 0 Å². The molecule has 9 heteroatoms. The van der Waals surface area contributed by atoms with E-state index in [1.54, 1.807) is 17.1 Å². The predicted molar refractivity (Wildman–Crippen MR) is 100.0 cm³/mol. The number of nitrogens with one attached hydrogen (secondary N) is 1. The van der Waals surface area contributed by atoms with Gasteiger partial charge in [0.2, 0.25) is 5.89 Å².